The van der Waals surface area contributed by atoms with E-state index in [1.807, 2.05) is 59.8 Å². The molecule has 19 heavy (non-hydrogen) atoms. The highest BCUT2D eigenvalue weighted by atomic mass is 14.7. The van der Waals surface area contributed by atoms with E-state index < -0.39 is 0 Å². The SMILES string of the molecule is C=C/C=c1/c(/C=C\C)c(C=C)[nH]/c1=C/C.CC.CC. The number of allylic oxidation sites excluding steroid dienone is 2. The molecule has 0 atom stereocenters. The van der Waals surface area contributed by atoms with Crippen molar-refractivity contribution < 1.29 is 0 Å². The van der Waals surface area contributed by atoms with Crippen LogP contribution in [0.3, 0.4) is 0 Å². The summed E-state index contributed by atoms with van der Waals surface area (Å²) in [4.78, 5) is 3.32. The number of aromatic nitrogens is 1. The van der Waals surface area contributed by atoms with Crippen LogP contribution in [0.15, 0.2) is 25.3 Å². The van der Waals surface area contributed by atoms with Crippen LogP contribution in [0.1, 0.15) is 52.8 Å². The fraction of sp³-hybridized carbons (Fsp3) is 0.333. The van der Waals surface area contributed by atoms with Crippen molar-refractivity contribution in [2.24, 2.45) is 0 Å². The zero-order valence-corrected chi connectivity index (χ0v) is 13.4. The molecular weight excluding hydrogens is 230 g/mol. The molecule has 0 saturated carbocycles. The van der Waals surface area contributed by atoms with Gasteiger partial charge in [0.05, 0.1) is 0 Å². The highest BCUT2D eigenvalue weighted by Gasteiger charge is 2.01. The molecule has 1 rings (SSSR count). The lowest BCUT2D eigenvalue weighted by atomic mass is 10.1. The van der Waals surface area contributed by atoms with Crippen LogP contribution in [0.2, 0.25) is 0 Å². The predicted octanol–water partition coefficient (Wildman–Crippen LogP) is 4.51. The minimum Gasteiger partial charge on any atom is -0.355 e. The quantitative estimate of drug-likeness (QED) is 0.822. The molecule has 0 amide bonds. The van der Waals surface area contributed by atoms with E-state index in [9.17, 15) is 0 Å². The molecule has 0 aromatic carbocycles. The summed E-state index contributed by atoms with van der Waals surface area (Å²) >= 11 is 0. The van der Waals surface area contributed by atoms with E-state index in [0.717, 1.165) is 11.0 Å². The summed E-state index contributed by atoms with van der Waals surface area (Å²) in [5, 5.41) is 2.28. The normalized spacial score (nSPS) is 11.5. The van der Waals surface area contributed by atoms with Crippen molar-refractivity contribution in [3.8, 4) is 0 Å². The van der Waals surface area contributed by atoms with E-state index in [0.29, 0.717) is 0 Å². The summed E-state index contributed by atoms with van der Waals surface area (Å²) in [5.74, 6) is 0. The van der Waals surface area contributed by atoms with Crippen LogP contribution in [0.4, 0.5) is 0 Å². The summed E-state index contributed by atoms with van der Waals surface area (Å²) in [5.41, 5.74) is 2.22. The molecule has 1 nitrogen and oxygen atoms in total. The van der Waals surface area contributed by atoms with Crippen LogP contribution in [-0.4, -0.2) is 4.98 Å². The average molecular weight is 259 g/mol. The molecule has 0 aliphatic heterocycles. The molecule has 1 aromatic rings. The zero-order chi connectivity index (χ0) is 15.3. The third-order valence-corrected chi connectivity index (χ3v) is 2.25. The van der Waals surface area contributed by atoms with Crippen molar-refractivity contribution in [3.05, 3.63) is 47.1 Å². The number of hydrogen-bond donors (Lipinski definition) is 1. The summed E-state index contributed by atoms with van der Waals surface area (Å²) in [7, 11) is 0. The molecule has 0 aliphatic carbocycles. The van der Waals surface area contributed by atoms with Gasteiger partial charge >= 0.3 is 0 Å². The first-order valence-corrected chi connectivity index (χ1v) is 7.04. The molecule has 0 aliphatic rings. The van der Waals surface area contributed by atoms with E-state index in [-0.39, 0.29) is 0 Å². The summed E-state index contributed by atoms with van der Waals surface area (Å²) in [6.45, 7) is 19.6. The van der Waals surface area contributed by atoms with Gasteiger partial charge in [-0.25, -0.2) is 0 Å². The maximum Gasteiger partial charge on any atom is 0.0458 e. The van der Waals surface area contributed by atoms with Gasteiger partial charge in [-0.3, -0.25) is 0 Å². The monoisotopic (exact) mass is 259 g/mol. The van der Waals surface area contributed by atoms with Gasteiger partial charge in [-0.05, 0) is 19.9 Å². The first-order valence-electron chi connectivity index (χ1n) is 7.04. The standard InChI is InChI=1S/C14H17N.2C2H6/c1-5-9-11-12(10-6-2)14(8-4)15-13(11)7-3;2*1-2/h5-10,15H,1,4H2,2-3H3;2*1-2H3/b10-6-,11-9-,13-7+;;. The van der Waals surface area contributed by atoms with Gasteiger partial charge in [0, 0.05) is 21.8 Å². The van der Waals surface area contributed by atoms with Gasteiger partial charge in [0.2, 0.25) is 0 Å². The Bertz CT molecular complexity index is 499. The maximum atomic E-state index is 3.80. The molecule has 0 bridgehead atoms. The third-order valence-electron chi connectivity index (χ3n) is 2.25. The van der Waals surface area contributed by atoms with Gasteiger partial charge in [-0.15, -0.1) is 0 Å². The molecule has 1 heterocycles. The number of rotatable bonds is 3. The van der Waals surface area contributed by atoms with Crippen LogP contribution < -0.4 is 10.6 Å². The Morgan fingerprint density at radius 1 is 1.00 bits per heavy atom. The minimum absolute atomic E-state index is 1.05. The highest BCUT2D eigenvalue weighted by molar-refractivity contribution is 5.65. The average Bonchev–Trinajstić information content (AvgIpc) is 2.82. The second-order valence-corrected chi connectivity index (χ2v) is 3.17. The topological polar surface area (TPSA) is 15.8 Å². The molecule has 0 radical (unpaired) electrons. The zero-order valence-electron chi connectivity index (χ0n) is 13.4. The lowest BCUT2D eigenvalue weighted by molar-refractivity contribution is 1.29. The van der Waals surface area contributed by atoms with Crippen molar-refractivity contribution >= 4 is 24.3 Å². The lowest BCUT2D eigenvalue weighted by Gasteiger charge is -1.90. The van der Waals surface area contributed by atoms with E-state index >= 15 is 0 Å². The Hall–Kier alpha value is -1.76. The van der Waals surface area contributed by atoms with Gasteiger partial charge < -0.3 is 4.98 Å². The first-order chi connectivity index (χ1) is 9.28. The Balaban J connectivity index is 0. The first kappa shape index (κ1) is 19.6. The van der Waals surface area contributed by atoms with Crippen molar-refractivity contribution in [1.82, 2.24) is 4.98 Å². The van der Waals surface area contributed by atoms with E-state index in [1.165, 1.54) is 10.8 Å². The molecule has 0 spiro atoms. The van der Waals surface area contributed by atoms with Crippen LogP contribution in [0.5, 0.6) is 0 Å². The summed E-state index contributed by atoms with van der Waals surface area (Å²) < 4.78 is 0. The summed E-state index contributed by atoms with van der Waals surface area (Å²) in [6, 6.07) is 0. The van der Waals surface area contributed by atoms with Gasteiger partial charge in [0.25, 0.3) is 0 Å². The molecule has 0 unspecified atom stereocenters. The summed E-state index contributed by atoms with van der Waals surface area (Å²) in [6.07, 6.45) is 11.8. The molecule has 106 valence electrons. The van der Waals surface area contributed by atoms with Crippen molar-refractivity contribution in [1.29, 1.82) is 0 Å². The predicted molar refractivity (Wildman–Crippen MR) is 92.3 cm³/mol. The smallest absolute Gasteiger partial charge is 0.0458 e. The van der Waals surface area contributed by atoms with Crippen LogP contribution in [0, 0.1) is 0 Å². The molecule has 0 saturated heterocycles. The van der Waals surface area contributed by atoms with Crippen molar-refractivity contribution in [2.45, 2.75) is 41.5 Å². The second kappa shape index (κ2) is 12.7. The number of aromatic amines is 1. The Kier molecular flexibility index (Phi) is 13.1. The van der Waals surface area contributed by atoms with Crippen molar-refractivity contribution in [2.75, 3.05) is 0 Å². The lowest BCUT2D eigenvalue weighted by Crippen LogP contribution is -2.23. The maximum absolute atomic E-state index is 3.80. The second-order valence-electron chi connectivity index (χ2n) is 3.17. The van der Waals surface area contributed by atoms with Crippen LogP contribution in [-0.2, 0) is 0 Å². The third kappa shape index (κ3) is 5.60. The number of nitrogens with one attached hydrogen (secondary N) is 1. The minimum atomic E-state index is 1.05. The van der Waals surface area contributed by atoms with Gasteiger partial charge in [0.15, 0.2) is 0 Å². The van der Waals surface area contributed by atoms with Gasteiger partial charge in [-0.1, -0.05) is 71.2 Å². The largest absolute Gasteiger partial charge is 0.355 e. The van der Waals surface area contributed by atoms with E-state index in [4.69, 9.17) is 0 Å². The molecule has 1 aromatic heterocycles. The fourth-order valence-electron chi connectivity index (χ4n) is 1.60. The molecule has 1 heteroatoms. The fourth-order valence-corrected chi connectivity index (χ4v) is 1.60. The van der Waals surface area contributed by atoms with Gasteiger partial charge in [-0.2, -0.15) is 0 Å². The number of hydrogen-bond acceptors (Lipinski definition) is 0. The van der Waals surface area contributed by atoms with Crippen LogP contribution >= 0.6 is 0 Å². The Morgan fingerprint density at radius 3 is 1.95 bits per heavy atom. The molecular formula is C18H29N. The highest BCUT2D eigenvalue weighted by Crippen LogP contribution is 2.03. The van der Waals surface area contributed by atoms with E-state index in [2.05, 4.69) is 30.3 Å². The van der Waals surface area contributed by atoms with E-state index in [1.54, 1.807) is 6.08 Å². The number of H-pyrrole nitrogens is 1. The van der Waals surface area contributed by atoms with Gasteiger partial charge in [0.1, 0.15) is 0 Å². The Morgan fingerprint density at radius 2 is 1.58 bits per heavy atom. The van der Waals surface area contributed by atoms with Crippen LogP contribution in [0.25, 0.3) is 24.3 Å². The molecule has 0 fully saturated rings. The molecule has 1 N–H and O–H groups in total. The van der Waals surface area contributed by atoms with Crippen molar-refractivity contribution in [3.63, 3.8) is 0 Å². The Labute approximate surface area is 118 Å².